The van der Waals surface area contributed by atoms with Gasteiger partial charge in [-0.1, -0.05) is 12.7 Å². The molecular formula is C9H11NO4. The number of carbonyl (C=O) groups is 1. The summed E-state index contributed by atoms with van der Waals surface area (Å²) in [7, 11) is 0. The number of nitrogens with zero attached hydrogens (tertiary/aromatic N) is 1. The topological polar surface area (TPSA) is 61.6 Å². The molecule has 1 aromatic rings. The van der Waals surface area contributed by atoms with Crippen LogP contribution in [-0.4, -0.2) is 24.2 Å². The van der Waals surface area contributed by atoms with E-state index in [4.69, 9.17) is 13.9 Å². The zero-order valence-electron chi connectivity index (χ0n) is 7.86. The number of ether oxygens (including phenoxy) is 2. The van der Waals surface area contributed by atoms with Crippen LogP contribution in [-0.2, 0) is 4.74 Å². The lowest BCUT2D eigenvalue weighted by molar-refractivity contribution is 0.0519. The zero-order chi connectivity index (χ0) is 10.4. The molecule has 0 saturated carbocycles. The first kappa shape index (κ1) is 10.3. The molecule has 0 aliphatic carbocycles. The van der Waals surface area contributed by atoms with Crippen molar-refractivity contribution >= 4 is 5.97 Å². The van der Waals surface area contributed by atoms with Crippen LogP contribution in [0.4, 0.5) is 0 Å². The molecule has 0 radical (unpaired) electrons. The molecule has 0 atom stereocenters. The van der Waals surface area contributed by atoms with Gasteiger partial charge < -0.3 is 13.9 Å². The van der Waals surface area contributed by atoms with Crippen LogP contribution in [0.15, 0.2) is 23.3 Å². The molecule has 0 aromatic carbocycles. The molecule has 0 aliphatic rings. The minimum absolute atomic E-state index is 0.0351. The van der Waals surface area contributed by atoms with Gasteiger partial charge in [0.1, 0.15) is 12.9 Å². The summed E-state index contributed by atoms with van der Waals surface area (Å²) >= 11 is 0. The molecule has 0 saturated heterocycles. The molecule has 1 heterocycles. The monoisotopic (exact) mass is 197 g/mol. The maximum Gasteiger partial charge on any atom is 0.394 e. The molecule has 0 N–H and O–H groups in total. The fourth-order valence-electron chi connectivity index (χ4n) is 0.753. The zero-order valence-corrected chi connectivity index (χ0v) is 7.86. The summed E-state index contributed by atoms with van der Waals surface area (Å²) in [6.07, 6.45) is 2.78. The van der Waals surface area contributed by atoms with E-state index in [1.165, 1.54) is 6.26 Å². The van der Waals surface area contributed by atoms with Crippen LogP contribution >= 0.6 is 0 Å². The molecule has 0 fully saturated rings. The number of hydrogen-bond donors (Lipinski definition) is 0. The van der Waals surface area contributed by atoms with Crippen molar-refractivity contribution in [1.82, 2.24) is 4.98 Å². The third kappa shape index (κ3) is 2.62. The molecule has 0 aliphatic heterocycles. The van der Waals surface area contributed by atoms with Crippen molar-refractivity contribution in [2.45, 2.75) is 6.92 Å². The van der Waals surface area contributed by atoms with Crippen LogP contribution in [0.25, 0.3) is 0 Å². The standard InChI is InChI=1S/C9H11NO4/c1-3-5-13-9-10-7(6-14-9)8(11)12-4-2/h3,6H,1,4-5H2,2H3. The fourth-order valence-corrected chi connectivity index (χ4v) is 0.753. The molecule has 14 heavy (non-hydrogen) atoms. The lowest BCUT2D eigenvalue weighted by atomic mass is 10.5. The van der Waals surface area contributed by atoms with E-state index >= 15 is 0 Å². The van der Waals surface area contributed by atoms with E-state index in [2.05, 4.69) is 11.6 Å². The Balaban J connectivity index is 2.58. The summed E-state index contributed by atoms with van der Waals surface area (Å²) < 4.78 is 14.5. The number of rotatable bonds is 5. The molecule has 0 unspecified atom stereocenters. The van der Waals surface area contributed by atoms with E-state index in [9.17, 15) is 4.79 Å². The maximum atomic E-state index is 11.1. The van der Waals surface area contributed by atoms with Gasteiger partial charge in [-0.2, -0.15) is 4.98 Å². The summed E-state index contributed by atoms with van der Waals surface area (Å²) in [6.45, 7) is 5.76. The summed E-state index contributed by atoms with van der Waals surface area (Å²) in [5.74, 6) is -0.523. The van der Waals surface area contributed by atoms with Crippen molar-refractivity contribution in [3.8, 4) is 6.08 Å². The summed E-state index contributed by atoms with van der Waals surface area (Å²) in [4.78, 5) is 14.9. The van der Waals surface area contributed by atoms with Crippen molar-refractivity contribution < 1.29 is 18.7 Å². The Morgan fingerprint density at radius 3 is 3.21 bits per heavy atom. The Hall–Kier alpha value is -1.78. The molecule has 76 valence electrons. The summed E-state index contributed by atoms with van der Waals surface area (Å²) in [6, 6.07) is 0. The van der Waals surface area contributed by atoms with Crippen LogP contribution in [0.2, 0.25) is 0 Å². The molecule has 0 amide bonds. The average molecular weight is 197 g/mol. The van der Waals surface area contributed by atoms with Crippen molar-refractivity contribution in [1.29, 1.82) is 0 Å². The molecular weight excluding hydrogens is 186 g/mol. The SMILES string of the molecule is C=CCOc1nc(C(=O)OCC)co1. The van der Waals surface area contributed by atoms with Gasteiger partial charge in [-0.05, 0) is 6.92 Å². The van der Waals surface area contributed by atoms with Gasteiger partial charge in [-0.3, -0.25) is 0 Å². The first-order chi connectivity index (χ1) is 6.77. The van der Waals surface area contributed by atoms with E-state index in [1.54, 1.807) is 13.0 Å². The normalized spacial score (nSPS) is 9.50. The van der Waals surface area contributed by atoms with Gasteiger partial charge in [0, 0.05) is 0 Å². The third-order valence-electron chi connectivity index (χ3n) is 1.29. The number of carbonyl (C=O) groups excluding carboxylic acids is 1. The number of aromatic nitrogens is 1. The van der Waals surface area contributed by atoms with Gasteiger partial charge in [0.05, 0.1) is 6.61 Å². The molecule has 5 nitrogen and oxygen atoms in total. The van der Waals surface area contributed by atoms with Gasteiger partial charge >= 0.3 is 12.0 Å². The molecule has 0 spiro atoms. The van der Waals surface area contributed by atoms with Gasteiger partial charge in [-0.15, -0.1) is 0 Å². The predicted octanol–water partition coefficient (Wildman–Crippen LogP) is 1.42. The van der Waals surface area contributed by atoms with Crippen molar-refractivity contribution in [2.75, 3.05) is 13.2 Å². The third-order valence-corrected chi connectivity index (χ3v) is 1.29. The predicted molar refractivity (Wildman–Crippen MR) is 48.2 cm³/mol. The van der Waals surface area contributed by atoms with Crippen LogP contribution in [0.5, 0.6) is 6.08 Å². The molecule has 5 heteroatoms. The Labute approximate surface area is 81.3 Å². The van der Waals surface area contributed by atoms with E-state index in [0.29, 0.717) is 6.61 Å². The van der Waals surface area contributed by atoms with E-state index in [1.807, 2.05) is 0 Å². The smallest absolute Gasteiger partial charge is 0.394 e. The van der Waals surface area contributed by atoms with Crippen LogP contribution < -0.4 is 4.74 Å². The van der Waals surface area contributed by atoms with Crippen LogP contribution in [0, 0.1) is 0 Å². The summed E-state index contributed by atoms with van der Waals surface area (Å²) in [5, 5.41) is 0. The summed E-state index contributed by atoms with van der Waals surface area (Å²) in [5.41, 5.74) is 0.103. The quantitative estimate of drug-likeness (QED) is 0.527. The van der Waals surface area contributed by atoms with Gasteiger partial charge in [0.25, 0.3) is 0 Å². The second-order valence-electron chi connectivity index (χ2n) is 2.32. The molecule has 1 aromatic heterocycles. The largest absolute Gasteiger partial charge is 0.461 e. The highest BCUT2D eigenvalue weighted by atomic mass is 16.6. The Kier molecular flexibility index (Phi) is 3.72. The fraction of sp³-hybridized carbons (Fsp3) is 0.333. The van der Waals surface area contributed by atoms with E-state index < -0.39 is 5.97 Å². The second kappa shape index (κ2) is 5.06. The van der Waals surface area contributed by atoms with Crippen LogP contribution in [0.1, 0.15) is 17.4 Å². The van der Waals surface area contributed by atoms with Gasteiger partial charge in [-0.25, -0.2) is 4.79 Å². The Morgan fingerprint density at radius 1 is 1.79 bits per heavy atom. The number of oxazole rings is 1. The average Bonchev–Trinajstić information content (AvgIpc) is 2.63. The van der Waals surface area contributed by atoms with Gasteiger partial charge in [0.2, 0.25) is 0 Å². The Bertz CT molecular complexity index is 318. The van der Waals surface area contributed by atoms with Crippen LogP contribution in [0.3, 0.4) is 0 Å². The molecule has 0 bridgehead atoms. The Morgan fingerprint density at radius 2 is 2.57 bits per heavy atom. The maximum absolute atomic E-state index is 11.1. The highest BCUT2D eigenvalue weighted by Crippen LogP contribution is 2.10. The van der Waals surface area contributed by atoms with Crippen molar-refractivity contribution in [2.24, 2.45) is 0 Å². The highest BCUT2D eigenvalue weighted by Gasteiger charge is 2.13. The number of esters is 1. The molecule has 1 rings (SSSR count). The first-order valence-electron chi connectivity index (χ1n) is 4.14. The van der Waals surface area contributed by atoms with Crippen molar-refractivity contribution in [3.05, 3.63) is 24.6 Å². The minimum atomic E-state index is -0.523. The first-order valence-corrected chi connectivity index (χ1v) is 4.14. The number of hydrogen-bond acceptors (Lipinski definition) is 5. The lowest BCUT2D eigenvalue weighted by Crippen LogP contribution is -2.04. The van der Waals surface area contributed by atoms with Gasteiger partial charge in [0.15, 0.2) is 5.69 Å². The minimum Gasteiger partial charge on any atom is -0.461 e. The lowest BCUT2D eigenvalue weighted by Gasteiger charge is -1.95. The second-order valence-corrected chi connectivity index (χ2v) is 2.32. The highest BCUT2D eigenvalue weighted by molar-refractivity contribution is 5.86. The van der Waals surface area contributed by atoms with E-state index in [0.717, 1.165) is 0 Å². The van der Waals surface area contributed by atoms with Crippen molar-refractivity contribution in [3.63, 3.8) is 0 Å². The van der Waals surface area contributed by atoms with E-state index in [-0.39, 0.29) is 18.4 Å².